The topological polar surface area (TPSA) is 122 Å². The Morgan fingerprint density at radius 3 is 2.05 bits per heavy atom. The molecule has 0 aromatic rings. The number of carboxylic acid groups (broad SMARTS) is 1. The minimum Gasteiger partial charge on any atom is -0.480 e. The molecule has 7 heteroatoms. The van der Waals surface area contributed by atoms with Crippen LogP contribution in [0.4, 0.5) is 0 Å². The van der Waals surface area contributed by atoms with E-state index in [0.717, 1.165) is 0 Å². The zero-order valence-corrected chi connectivity index (χ0v) is 12.5. The molecule has 0 unspecified atom stereocenters. The van der Waals surface area contributed by atoms with Crippen molar-refractivity contribution >= 4 is 17.8 Å². The van der Waals surface area contributed by atoms with E-state index in [9.17, 15) is 14.4 Å². The lowest BCUT2D eigenvalue weighted by atomic mass is 10.0. The minimum atomic E-state index is -1.14. The van der Waals surface area contributed by atoms with Gasteiger partial charge in [-0.05, 0) is 18.3 Å². The standard InChI is InChI=1S/C13H25N3O4/c1-7(2)5-9(14)12(19)16-11(8(3)4)13(20)15-6-10(17)18/h7-9,11H,5-6,14H2,1-4H3,(H,15,20)(H,16,19)(H,17,18)/t9-,11-/m0/s1. The second-order valence-electron chi connectivity index (χ2n) is 5.58. The Balaban J connectivity index is 4.57. The van der Waals surface area contributed by atoms with Crippen molar-refractivity contribution in [3.8, 4) is 0 Å². The maximum absolute atomic E-state index is 11.9. The first-order valence-electron chi connectivity index (χ1n) is 6.70. The number of hydrogen-bond donors (Lipinski definition) is 4. The molecule has 0 aromatic carbocycles. The SMILES string of the molecule is CC(C)C[C@H](N)C(=O)N[C@H](C(=O)NCC(=O)O)C(C)C. The Hall–Kier alpha value is -1.63. The van der Waals surface area contributed by atoms with Gasteiger partial charge in [0.1, 0.15) is 12.6 Å². The van der Waals surface area contributed by atoms with Crippen molar-refractivity contribution in [2.24, 2.45) is 17.6 Å². The van der Waals surface area contributed by atoms with Crippen LogP contribution >= 0.6 is 0 Å². The monoisotopic (exact) mass is 287 g/mol. The van der Waals surface area contributed by atoms with Crippen molar-refractivity contribution in [1.29, 1.82) is 0 Å². The molecule has 0 aliphatic rings. The molecule has 0 heterocycles. The van der Waals surface area contributed by atoms with Crippen LogP contribution in [-0.2, 0) is 14.4 Å². The molecule has 5 N–H and O–H groups in total. The Morgan fingerprint density at radius 2 is 1.65 bits per heavy atom. The van der Waals surface area contributed by atoms with Gasteiger partial charge < -0.3 is 21.5 Å². The molecular formula is C13H25N3O4. The zero-order chi connectivity index (χ0) is 15.9. The number of nitrogens with one attached hydrogen (secondary N) is 2. The molecule has 0 aromatic heterocycles. The lowest BCUT2D eigenvalue weighted by Crippen LogP contribution is -2.54. The van der Waals surface area contributed by atoms with Crippen molar-refractivity contribution in [2.75, 3.05) is 6.54 Å². The number of nitrogens with two attached hydrogens (primary N) is 1. The van der Waals surface area contributed by atoms with Crippen LogP contribution in [0.5, 0.6) is 0 Å². The van der Waals surface area contributed by atoms with E-state index in [4.69, 9.17) is 10.8 Å². The molecule has 0 aliphatic carbocycles. The van der Waals surface area contributed by atoms with Gasteiger partial charge in [-0.3, -0.25) is 14.4 Å². The summed E-state index contributed by atoms with van der Waals surface area (Å²) in [5.41, 5.74) is 5.75. The van der Waals surface area contributed by atoms with Gasteiger partial charge in [0.05, 0.1) is 6.04 Å². The van der Waals surface area contributed by atoms with Gasteiger partial charge >= 0.3 is 5.97 Å². The summed E-state index contributed by atoms with van der Waals surface area (Å²) in [6.45, 7) is 6.95. The zero-order valence-electron chi connectivity index (χ0n) is 12.5. The number of rotatable bonds is 8. The number of amides is 2. The summed E-state index contributed by atoms with van der Waals surface area (Å²) < 4.78 is 0. The van der Waals surface area contributed by atoms with Crippen molar-refractivity contribution in [1.82, 2.24) is 10.6 Å². The molecule has 7 nitrogen and oxygen atoms in total. The number of carboxylic acids is 1. The van der Waals surface area contributed by atoms with Crippen molar-refractivity contribution < 1.29 is 19.5 Å². The highest BCUT2D eigenvalue weighted by Gasteiger charge is 2.26. The Kier molecular flexibility index (Phi) is 7.83. The molecule has 20 heavy (non-hydrogen) atoms. The number of carbonyl (C=O) groups is 3. The predicted octanol–water partition coefficient (Wildman–Crippen LogP) is -0.299. The molecule has 0 aliphatic heterocycles. The lowest BCUT2D eigenvalue weighted by Gasteiger charge is -2.23. The van der Waals surface area contributed by atoms with Gasteiger partial charge in [-0.15, -0.1) is 0 Å². The Morgan fingerprint density at radius 1 is 1.10 bits per heavy atom. The average Bonchev–Trinajstić information content (AvgIpc) is 2.31. The molecule has 0 saturated carbocycles. The predicted molar refractivity (Wildman–Crippen MR) is 74.8 cm³/mol. The average molecular weight is 287 g/mol. The van der Waals surface area contributed by atoms with Gasteiger partial charge in [0.2, 0.25) is 11.8 Å². The van der Waals surface area contributed by atoms with Crippen molar-refractivity contribution in [2.45, 2.75) is 46.2 Å². The highest BCUT2D eigenvalue weighted by atomic mass is 16.4. The summed E-state index contributed by atoms with van der Waals surface area (Å²) in [6.07, 6.45) is 0.521. The van der Waals surface area contributed by atoms with Gasteiger partial charge in [0.25, 0.3) is 0 Å². The van der Waals surface area contributed by atoms with E-state index < -0.39 is 36.4 Å². The van der Waals surface area contributed by atoms with Gasteiger partial charge in [-0.1, -0.05) is 27.7 Å². The minimum absolute atomic E-state index is 0.168. The number of aliphatic carboxylic acids is 1. The van der Waals surface area contributed by atoms with E-state index in [1.807, 2.05) is 13.8 Å². The third-order valence-corrected chi connectivity index (χ3v) is 2.72. The fourth-order valence-electron chi connectivity index (χ4n) is 1.68. The Bertz CT molecular complexity index is 356. The summed E-state index contributed by atoms with van der Waals surface area (Å²) in [6, 6.07) is -1.47. The summed E-state index contributed by atoms with van der Waals surface area (Å²) in [5, 5.41) is 13.4. The number of carbonyl (C=O) groups excluding carboxylic acids is 2. The van der Waals surface area contributed by atoms with E-state index in [-0.39, 0.29) is 11.8 Å². The molecule has 0 fully saturated rings. The third kappa shape index (κ3) is 7.08. The van der Waals surface area contributed by atoms with E-state index in [1.54, 1.807) is 13.8 Å². The van der Waals surface area contributed by atoms with Gasteiger partial charge in [0, 0.05) is 0 Å². The number of hydrogen-bond acceptors (Lipinski definition) is 4. The molecule has 0 saturated heterocycles. The van der Waals surface area contributed by atoms with Crippen LogP contribution in [0.1, 0.15) is 34.1 Å². The molecule has 116 valence electrons. The molecule has 0 spiro atoms. The van der Waals surface area contributed by atoms with Gasteiger partial charge in [0.15, 0.2) is 0 Å². The smallest absolute Gasteiger partial charge is 0.322 e. The normalized spacial score (nSPS) is 13.9. The van der Waals surface area contributed by atoms with Crippen molar-refractivity contribution in [3.05, 3.63) is 0 Å². The quantitative estimate of drug-likeness (QED) is 0.488. The molecule has 2 atom stereocenters. The summed E-state index contributed by atoms with van der Waals surface area (Å²) >= 11 is 0. The summed E-state index contributed by atoms with van der Waals surface area (Å²) in [4.78, 5) is 34.2. The van der Waals surface area contributed by atoms with Crippen LogP contribution < -0.4 is 16.4 Å². The van der Waals surface area contributed by atoms with Crippen LogP contribution in [0.15, 0.2) is 0 Å². The van der Waals surface area contributed by atoms with Crippen LogP contribution in [0.25, 0.3) is 0 Å². The fraction of sp³-hybridized carbons (Fsp3) is 0.769. The van der Waals surface area contributed by atoms with E-state index in [2.05, 4.69) is 10.6 Å². The first-order valence-corrected chi connectivity index (χ1v) is 6.70. The van der Waals surface area contributed by atoms with Crippen LogP contribution in [0.3, 0.4) is 0 Å². The summed E-state index contributed by atoms with van der Waals surface area (Å²) in [7, 11) is 0. The van der Waals surface area contributed by atoms with E-state index in [0.29, 0.717) is 6.42 Å². The van der Waals surface area contributed by atoms with Crippen LogP contribution in [0, 0.1) is 11.8 Å². The molecular weight excluding hydrogens is 262 g/mol. The highest BCUT2D eigenvalue weighted by Crippen LogP contribution is 2.06. The summed E-state index contributed by atoms with van der Waals surface area (Å²) in [5.74, 6) is -1.95. The highest BCUT2D eigenvalue weighted by molar-refractivity contribution is 5.91. The first kappa shape index (κ1) is 18.4. The van der Waals surface area contributed by atoms with Gasteiger partial charge in [-0.25, -0.2) is 0 Å². The third-order valence-electron chi connectivity index (χ3n) is 2.72. The largest absolute Gasteiger partial charge is 0.480 e. The second kappa shape index (κ2) is 8.52. The molecule has 0 radical (unpaired) electrons. The van der Waals surface area contributed by atoms with Crippen LogP contribution in [-0.4, -0.2) is 41.5 Å². The molecule has 0 rings (SSSR count). The van der Waals surface area contributed by atoms with Crippen LogP contribution in [0.2, 0.25) is 0 Å². The molecule has 0 bridgehead atoms. The lowest BCUT2D eigenvalue weighted by molar-refractivity contribution is -0.138. The van der Waals surface area contributed by atoms with E-state index in [1.165, 1.54) is 0 Å². The van der Waals surface area contributed by atoms with E-state index >= 15 is 0 Å². The first-order chi connectivity index (χ1) is 9.15. The maximum Gasteiger partial charge on any atom is 0.322 e. The fourth-order valence-corrected chi connectivity index (χ4v) is 1.68. The maximum atomic E-state index is 11.9. The van der Waals surface area contributed by atoms with Crippen molar-refractivity contribution in [3.63, 3.8) is 0 Å². The second-order valence-corrected chi connectivity index (χ2v) is 5.58. The molecule has 2 amide bonds. The Labute approximate surface area is 119 Å². The van der Waals surface area contributed by atoms with Gasteiger partial charge in [-0.2, -0.15) is 0 Å².